The Morgan fingerprint density at radius 3 is 2.54 bits per heavy atom. The van der Waals surface area contributed by atoms with Crippen LogP contribution in [0.5, 0.6) is 11.5 Å². The molecule has 0 unspecified atom stereocenters. The minimum Gasteiger partial charge on any atom is -0.497 e. The van der Waals surface area contributed by atoms with Crippen molar-refractivity contribution in [3.8, 4) is 11.5 Å². The minimum atomic E-state index is 0.363. The van der Waals surface area contributed by atoms with Gasteiger partial charge in [-0.2, -0.15) is 10.1 Å². The van der Waals surface area contributed by atoms with Crippen molar-refractivity contribution in [1.82, 2.24) is 15.2 Å². The Morgan fingerprint density at radius 2 is 1.81 bits per heavy atom. The molecule has 0 saturated heterocycles. The maximum atomic E-state index is 5.99. The number of nitrogens with zero attached hydrogens (tertiary/aromatic N) is 3. The fourth-order valence-electron chi connectivity index (χ4n) is 2.35. The molecular weight excluding hydrogens is 354 g/mol. The van der Waals surface area contributed by atoms with Crippen LogP contribution in [0, 0.1) is 6.92 Å². The highest BCUT2D eigenvalue weighted by Gasteiger charge is 2.08. The average Bonchev–Trinajstić information content (AvgIpc) is 2.64. The van der Waals surface area contributed by atoms with Gasteiger partial charge in [0.25, 0.3) is 0 Å². The van der Waals surface area contributed by atoms with E-state index in [1.165, 1.54) is 6.20 Å². The lowest BCUT2D eigenvalue weighted by atomic mass is 10.2. The molecule has 1 aromatic heterocycles. The third kappa shape index (κ3) is 4.12. The first-order chi connectivity index (χ1) is 12.6. The van der Waals surface area contributed by atoms with Gasteiger partial charge in [-0.05, 0) is 42.8 Å². The van der Waals surface area contributed by atoms with E-state index >= 15 is 0 Å². The molecule has 0 spiro atoms. The minimum absolute atomic E-state index is 0.363. The summed E-state index contributed by atoms with van der Waals surface area (Å²) >= 11 is 5.99. The van der Waals surface area contributed by atoms with Crippen LogP contribution in [0.3, 0.4) is 0 Å². The van der Waals surface area contributed by atoms with Gasteiger partial charge >= 0.3 is 0 Å². The zero-order chi connectivity index (χ0) is 18.5. The standard InChI is InChI=1S/C18H18ClN5O2/c1-11-8-12(19)4-6-14(11)22-18-23-17(10-20-24-18)21-15-9-13(25-2)5-7-16(15)26-3/h4-10H,1-3H3,(H2,21,22,23,24). The Balaban J connectivity index is 1.84. The van der Waals surface area contributed by atoms with Gasteiger partial charge in [0.1, 0.15) is 11.5 Å². The van der Waals surface area contributed by atoms with Gasteiger partial charge in [-0.15, -0.1) is 5.10 Å². The monoisotopic (exact) mass is 371 g/mol. The molecule has 0 aliphatic heterocycles. The van der Waals surface area contributed by atoms with E-state index in [9.17, 15) is 0 Å². The molecule has 3 rings (SSSR count). The average molecular weight is 372 g/mol. The Hall–Kier alpha value is -3.06. The van der Waals surface area contributed by atoms with E-state index < -0.39 is 0 Å². The number of aryl methyl sites for hydroxylation is 1. The van der Waals surface area contributed by atoms with Crippen LogP contribution < -0.4 is 20.1 Å². The van der Waals surface area contributed by atoms with Crippen LogP contribution in [0.25, 0.3) is 0 Å². The Bertz CT molecular complexity index is 920. The Kier molecular flexibility index (Phi) is 5.38. The van der Waals surface area contributed by atoms with Crippen molar-refractivity contribution in [2.24, 2.45) is 0 Å². The highest BCUT2D eigenvalue weighted by atomic mass is 35.5. The maximum absolute atomic E-state index is 5.99. The zero-order valence-corrected chi connectivity index (χ0v) is 15.3. The number of halogens is 1. The van der Waals surface area contributed by atoms with Crippen LogP contribution in [0.1, 0.15) is 5.56 Å². The number of benzene rings is 2. The van der Waals surface area contributed by atoms with Crippen molar-refractivity contribution < 1.29 is 9.47 Å². The van der Waals surface area contributed by atoms with E-state index in [2.05, 4.69) is 25.8 Å². The summed E-state index contributed by atoms with van der Waals surface area (Å²) in [5.41, 5.74) is 2.54. The molecule has 3 aromatic rings. The van der Waals surface area contributed by atoms with Crippen molar-refractivity contribution in [2.45, 2.75) is 6.92 Å². The summed E-state index contributed by atoms with van der Waals surface area (Å²) in [7, 11) is 3.20. The first kappa shape index (κ1) is 17.8. The molecule has 26 heavy (non-hydrogen) atoms. The second-order valence-corrected chi connectivity index (χ2v) is 5.88. The smallest absolute Gasteiger partial charge is 0.249 e. The molecule has 2 N–H and O–H groups in total. The molecule has 134 valence electrons. The Labute approximate surface area is 156 Å². The lowest BCUT2D eigenvalue weighted by Gasteiger charge is -2.13. The van der Waals surface area contributed by atoms with Gasteiger partial charge in [0.05, 0.1) is 26.1 Å². The molecule has 0 aliphatic rings. The van der Waals surface area contributed by atoms with Gasteiger partial charge in [-0.3, -0.25) is 0 Å². The number of hydrogen-bond acceptors (Lipinski definition) is 7. The molecule has 0 saturated carbocycles. The van der Waals surface area contributed by atoms with E-state index in [-0.39, 0.29) is 0 Å². The van der Waals surface area contributed by atoms with E-state index in [1.54, 1.807) is 20.3 Å². The summed E-state index contributed by atoms with van der Waals surface area (Å²) in [4.78, 5) is 4.43. The quantitative estimate of drug-likeness (QED) is 0.667. The molecule has 1 heterocycles. The third-order valence-electron chi connectivity index (χ3n) is 3.66. The zero-order valence-electron chi connectivity index (χ0n) is 14.6. The largest absolute Gasteiger partial charge is 0.497 e. The molecular formula is C18H18ClN5O2. The summed E-state index contributed by atoms with van der Waals surface area (Å²) in [6.07, 6.45) is 1.53. The third-order valence-corrected chi connectivity index (χ3v) is 3.90. The maximum Gasteiger partial charge on any atom is 0.249 e. The van der Waals surface area contributed by atoms with Gasteiger partial charge in [0.2, 0.25) is 5.95 Å². The Morgan fingerprint density at radius 1 is 0.962 bits per heavy atom. The van der Waals surface area contributed by atoms with Crippen molar-refractivity contribution in [1.29, 1.82) is 0 Å². The molecule has 0 bridgehead atoms. The molecule has 8 heteroatoms. The van der Waals surface area contributed by atoms with E-state index in [0.717, 1.165) is 11.3 Å². The van der Waals surface area contributed by atoms with Crippen molar-refractivity contribution in [3.63, 3.8) is 0 Å². The summed E-state index contributed by atoms with van der Waals surface area (Å²) in [5, 5.41) is 15.0. The van der Waals surface area contributed by atoms with Gasteiger partial charge in [0.15, 0.2) is 5.82 Å². The van der Waals surface area contributed by atoms with Crippen LogP contribution in [0.4, 0.5) is 23.1 Å². The number of anilines is 4. The molecule has 2 aromatic carbocycles. The number of ether oxygens (including phenoxy) is 2. The number of aromatic nitrogens is 3. The molecule has 0 fully saturated rings. The van der Waals surface area contributed by atoms with Crippen LogP contribution in [-0.4, -0.2) is 29.4 Å². The van der Waals surface area contributed by atoms with E-state index in [1.807, 2.05) is 37.3 Å². The predicted octanol–water partition coefficient (Wildman–Crippen LogP) is 4.34. The van der Waals surface area contributed by atoms with Crippen molar-refractivity contribution in [2.75, 3.05) is 24.9 Å². The topological polar surface area (TPSA) is 81.2 Å². The van der Waals surface area contributed by atoms with Crippen LogP contribution in [-0.2, 0) is 0 Å². The lowest BCUT2D eigenvalue weighted by Crippen LogP contribution is -2.04. The van der Waals surface area contributed by atoms with Crippen molar-refractivity contribution in [3.05, 3.63) is 53.2 Å². The summed E-state index contributed by atoms with van der Waals surface area (Å²) < 4.78 is 10.6. The van der Waals surface area contributed by atoms with Crippen LogP contribution >= 0.6 is 11.6 Å². The predicted molar refractivity (Wildman–Crippen MR) is 102 cm³/mol. The first-order valence-electron chi connectivity index (χ1n) is 7.81. The number of hydrogen-bond donors (Lipinski definition) is 2. The van der Waals surface area contributed by atoms with Gasteiger partial charge in [-0.25, -0.2) is 0 Å². The lowest BCUT2D eigenvalue weighted by molar-refractivity contribution is 0.405. The summed E-state index contributed by atoms with van der Waals surface area (Å²) in [6, 6.07) is 11.0. The summed E-state index contributed by atoms with van der Waals surface area (Å²) in [6.45, 7) is 1.95. The normalized spacial score (nSPS) is 10.3. The number of nitrogens with one attached hydrogen (secondary N) is 2. The fourth-order valence-corrected chi connectivity index (χ4v) is 2.58. The second-order valence-electron chi connectivity index (χ2n) is 5.44. The molecule has 0 atom stereocenters. The van der Waals surface area contributed by atoms with Crippen LogP contribution in [0.15, 0.2) is 42.6 Å². The highest BCUT2D eigenvalue weighted by molar-refractivity contribution is 6.30. The van der Waals surface area contributed by atoms with E-state index in [4.69, 9.17) is 21.1 Å². The second kappa shape index (κ2) is 7.88. The molecule has 0 amide bonds. The number of rotatable bonds is 6. The first-order valence-corrected chi connectivity index (χ1v) is 8.19. The van der Waals surface area contributed by atoms with Gasteiger partial charge < -0.3 is 20.1 Å². The molecule has 0 aliphatic carbocycles. The SMILES string of the molecule is COc1ccc(OC)c(Nc2cnnc(Nc3ccc(Cl)cc3C)n2)c1. The van der Waals surface area contributed by atoms with E-state index in [0.29, 0.717) is 34.0 Å². The summed E-state index contributed by atoms with van der Waals surface area (Å²) in [5.74, 6) is 2.24. The van der Waals surface area contributed by atoms with Gasteiger partial charge in [0, 0.05) is 16.8 Å². The fraction of sp³-hybridized carbons (Fsp3) is 0.167. The highest BCUT2D eigenvalue weighted by Crippen LogP contribution is 2.31. The molecule has 0 radical (unpaired) electrons. The van der Waals surface area contributed by atoms with Gasteiger partial charge in [-0.1, -0.05) is 11.6 Å². The number of methoxy groups -OCH3 is 2. The van der Waals surface area contributed by atoms with Crippen LogP contribution in [0.2, 0.25) is 5.02 Å². The molecule has 7 nitrogen and oxygen atoms in total. The van der Waals surface area contributed by atoms with Crippen molar-refractivity contribution >= 4 is 34.7 Å².